The molecule has 2 aromatic rings. The summed E-state index contributed by atoms with van der Waals surface area (Å²) in [7, 11) is 0. The minimum atomic E-state index is 0.726. The quantitative estimate of drug-likeness (QED) is 0.928. The van der Waals surface area contributed by atoms with E-state index < -0.39 is 0 Å². The van der Waals surface area contributed by atoms with Crippen LogP contribution in [0.2, 0.25) is 0 Å². The first-order valence-electron chi connectivity index (χ1n) is 7.50. The third-order valence-corrected chi connectivity index (χ3v) is 4.81. The van der Waals surface area contributed by atoms with Crippen LogP contribution < -0.4 is 10.2 Å². The first-order valence-corrected chi connectivity index (χ1v) is 8.32. The Morgan fingerprint density at radius 3 is 2.91 bits per heavy atom. The molecule has 1 atom stereocenters. The number of allylic oxidation sites excluding steroid dienone is 1. The summed E-state index contributed by atoms with van der Waals surface area (Å²) in [4.78, 5) is 16.8. The van der Waals surface area contributed by atoms with E-state index in [0.29, 0.717) is 0 Å². The van der Waals surface area contributed by atoms with Crippen LogP contribution in [0.15, 0.2) is 18.8 Å². The van der Waals surface area contributed by atoms with Crippen LogP contribution in [0.4, 0.5) is 16.8 Å². The van der Waals surface area contributed by atoms with Crippen LogP contribution in [0.1, 0.15) is 31.0 Å². The van der Waals surface area contributed by atoms with Gasteiger partial charge in [-0.05, 0) is 31.8 Å². The topological polar surface area (TPSA) is 53.9 Å². The second-order valence-electron chi connectivity index (χ2n) is 5.93. The van der Waals surface area contributed by atoms with E-state index in [2.05, 4.69) is 38.7 Å². The van der Waals surface area contributed by atoms with Crippen LogP contribution in [0.25, 0.3) is 5.57 Å². The largest absolute Gasteiger partial charge is 0.356 e. The number of rotatable bonds is 4. The monoisotopic (exact) mass is 315 g/mol. The highest BCUT2D eigenvalue weighted by atomic mass is 32.1. The van der Waals surface area contributed by atoms with Gasteiger partial charge >= 0.3 is 0 Å². The number of thiazole rings is 1. The van der Waals surface area contributed by atoms with Crippen molar-refractivity contribution in [3.05, 3.63) is 29.5 Å². The molecule has 22 heavy (non-hydrogen) atoms. The number of hydrogen-bond acceptors (Lipinski definition) is 6. The Labute approximate surface area is 135 Å². The number of nitrogens with one attached hydrogen (secondary N) is 1. The molecule has 0 bridgehead atoms. The second-order valence-corrected chi connectivity index (χ2v) is 6.96. The molecular formula is C16H21N5S. The third kappa shape index (κ3) is 3.27. The zero-order chi connectivity index (χ0) is 15.7. The summed E-state index contributed by atoms with van der Waals surface area (Å²) in [6.07, 6.45) is 3.06. The fourth-order valence-corrected chi connectivity index (χ4v) is 3.31. The maximum atomic E-state index is 4.57. The molecule has 2 aromatic heterocycles. The van der Waals surface area contributed by atoms with Gasteiger partial charge in [-0.3, -0.25) is 0 Å². The molecule has 3 rings (SSSR count). The van der Waals surface area contributed by atoms with Gasteiger partial charge in [-0.1, -0.05) is 24.8 Å². The molecule has 1 N–H and O–H groups in total. The Balaban J connectivity index is 1.81. The van der Waals surface area contributed by atoms with E-state index in [-0.39, 0.29) is 0 Å². The van der Waals surface area contributed by atoms with Gasteiger partial charge in [-0.2, -0.15) is 0 Å². The Morgan fingerprint density at radius 1 is 1.45 bits per heavy atom. The molecule has 5 nitrogen and oxygen atoms in total. The number of aromatic nitrogens is 3. The molecule has 0 amide bonds. The van der Waals surface area contributed by atoms with E-state index in [1.165, 1.54) is 6.42 Å². The molecule has 1 saturated heterocycles. The molecule has 1 unspecified atom stereocenters. The highest BCUT2D eigenvalue weighted by Crippen LogP contribution is 2.28. The van der Waals surface area contributed by atoms with Crippen molar-refractivity contribution in [2.24, 2.45) is 5.92 Å². The average molecular weight is 315 g/mol. The summed E-state index contributed by atoms with van der Waals surface area (Å²) in [5, 5.41) is 4.11. The third-order valence-electron chi connectivity index (χ3n) is 3.73. The first kappa shape index (κ1) is 15.0. The fourth-order valence-electron chi connectivity index (χ4n) is 2.56. The summed E-state index contributed by atoms with van der Waals surface area (Å²) in [5.74, 6) is 3.29. The van der Waals surface area contributed by atoms with Crippen molar-refractivity contribution in [2.45, 2.75) is 27.2 Å². The Bertz CT molecular complexity index is 694. The molecular weight excluding hydrogens is 294 g/mol. The summed E-state index contributed by atoms with van der Waals surface area (Å²) in [6, 6.07) is 2.01. The van der Waals surface area contributed by atoms with Crippen LogP contribution >= 0.6 is 11.3 Å². The zero-order valence-corrected chi connectivity index (χ0v) is 14.1. The molecule has 0 aliphatic carbocycles. The highest BCUT2D eigenvalue weighted by molar-refractivity contribution is 7.16. The Morgan fingerprint density at radius 2 is 2.27 bits per heavy atom. The number of nitrogens with zero attached hydrogens (tertiary/aromatic N) is 4. The van der Waals surface area contributed by atoms with Gasteiger partial charge in [0, 0.05) is 25.4 Å². The molecule has 1 aliphatic heterocycles. The maximum absolute atomic E-state index is 4.57. The summed E-state index contributed by atoms with van der Waals surface area (Å²) in [5.41, 5.74) is 1.02. The SMILES string of the molecule is C=C(C)c1cnc(Nc2cc(N3CCC(C)C3)nc(C)n2)s1. The van der Waals surface area contributed by atoms with E-state index in [4.69, 9.17) is 0 Å². The summed E-state index contributed by atoms with van der Waals surface area (Å²) in [6.45, 7) is 12.3. The lowest BCUT2D eigenvalue weighted by atomic mass is 10.2. The van der Waals surface area contributed by atoms with E-state index in [0.717, 1.165) is 52.0 Å². The summed E-state index contributed by atoms with van der Waals surface area (Å²) >= 11 is 1.58. The maximum Gasteiger partial charge on any atom is 0.188 e. The van der Waals surface area contributed by atoms with Gasteiger partial charge < -0.3 is 10.2 Å². The zero-order valence-electron chi connectivity index (χ0n) is 13.3. The van der Waals surface area contributed by atoms with E-state index in [1.807, 2.05) is 26.1 Å². The normalized spacial score (nSPS) is 17.8. The molecule has 0 aromatic carbocycles. The van der Waals surface area contributed by atoms with Gasteiger partial charge in [0.15, 0.2) is 5.13 Å². The molecule has 3 heterocycles. The van der Waals surface area contributed by atoms with Crippen LogP contribution in [0.5, 0.6) is 0 Å². The minimum absolute atomic E-state index is 0.726. The van der Waals surface area contributed by atoms with Crippen molar-refractivity contribution in [1.82, 2.24) is 15.0 Å². The van der Waals surface area contributed by atoms with Gasteiger partial charge in [0.05, 0.1) is 4.88 Å². The molecule has 0 saturated carbocycles. The lowest BCUT2D eigenvalue weighted by Gasteiger charge is -2.18. The minimum Gasteiger partial charge on any atom is -0.356 e. The second kappa shape index (κ2) is 6.04. The van der Waals surface area contributed by atoms with E-state index in [1.54, 1.807) is 11.3 Å². The number of hydrogen-bond donors (Lipinski definition) is 1. The van der Waals surface area contributed by atoms with E-state index in [9.17, 15) is 0 Å². The molecule has 1 fully saturated rings. The highest BCUT2D eigenvalue weighted by Gasteiger charge is 2.20. The van der Waals surface area contributed by atoms with E-state index >= 15 is 0 Å². The molecule has 116 valence electrons. The number of aryl methyl sites for hydroxylation is 1. The predicted octanol–water partition coefficient (Wildman–Crippen LogP) is 3.86. The van der Waals surface area contributed by atoms with Gasteiger partial charge in [0.1, 0.15) is 17.5 Å². The van der Waals surface area contributed by atoms with Crippen LogP contribution in [0.3, 0.4) is 0 Å². The van der Waals surface area contributed by atoms with Crippen molar-refractivity contribution < 1.29 is 0 Å². The Kier molecular flexibility index (Phi) is 4.11. The summed E-state index contributed by atoms with van der Waals surface area (Å²) < 4.78 is 0. The lowest BCUT2D eigenvalue weighted by Crippen LogP contribution is -2.21. The van der Waals surface area contributed by atoms with Gasteiger partial charge in [0.2, 0.25) is 0 Å². The lowest BCUT2D eigenvalue weighted by molar-refractivity contribution is 0.658. The van der Waals surface area contributed by atoms with Crippen molar-refractivity contribution >= 4 is 33.7 Å². The first-order chi connectivity index (χ1) is 10.5. The van der Waals surface area contributed by atoms with Crippen LogP contribution in [-0.2, 0) is 0 Å². The predicted molar refractivity (Wildman–Crippen MR) is 92.9 cm³/mol. The van der Waals surface area contributed by atoms with Gasteiger partial charge in [-0.15, -0.1) is 0 Å². The molecule has 1 aliphatic rings. The van der Waals surface area contributed by atoms with Crippen molar-refractivity contribution in [1.29, 1.82) is 0 Å². The van der Waals surface area contributed by atoms with Gasteiger partial charge in [-0.25, -0.2) is 15.0 Å². The molecule has 0 radical (unpaired) electrons. The smallest absolute Gasteiger partial charge is 0.188 e. The molecule has 6 heteroatoms. The average Bonchev–Trinajstić information content (AvgIpc) is 3.07. The standard InChI is InChI=1S/C16H21N5S/c1-10(2)13-8-17-16(22-13)20-14-7-15(19-12(4)18-14)21-6-5-11(3)9-21/h7-8,11H,1,5-6,9H2,2-4H3,(H,17,18,19,20). The van der Waals surface area contributed by atoms with Crippen LogP contribution in [0, 0.1) is 12.8 Å². The molecule has 0 spiro atoms. The van der Waals surface area contributed by atoms with Crippen LogP contribution in [-0.4, -0.2) is 28.0 Å². The van der Waals surface area contributed by atoms with Crippen molar-refractivity contribution in [3.63, 3.8) is 0 Å². The van der Waals surface area contributed by atoms with Crippen molar-refractivity contribution in [3.8, 4) is 0 Å². The van der Waals surface area contributed by atoms with Gasteiger partial charge in [0.25, 0.3) is 0 Å². The number of anilines is 3. The Hall–Kier alpha value is -1.95. The fraction of sp³-hybridized carbons (Fsp3) is 0.438. The van der Waals surface area contributed by atoms with Crippen molar-refractivity contribution in [2.75, 3.05) is 23.3 Å².